The van der Waals surface area contributed by atoms with Crippen molar-refractivity contribution in [3.8, 4) is 5.75 Å². The van der Waals surface area contributed by atoms with E-state index in [0.717, 1.165) is 27.8 Å². The molecule has 190 valence electrons. The molecule has 0 saturated heterocycles. The van der Waals surface area contributed by atoms with Gasteiger partial charge in [0.2, 0.25) is 0 Å². The number of carbonyl (C=O) groups excluding carboxylic acids is 1. The van der Waals surface area contributed by atoms with Gasteiger partial charge < -0.3 is 10.1 Å². The molecule has 0 saturated carbocycles. The Morgan fingerprint density at radius 3 is 2.84 bits per heavy atom. The van der Waals surface area contributed by atoms with E-state index in [0.29, 0.717) is 29.4 Å². The number of ether oxygens (including phenoxy) is 1. The number of benzene rings is 2. The molecular formula is C27H23ClN8O2. The smallest absolute Gasteiger partial charge is 0.272 e. The highest BCUT2D eigenvalue weighted by molar-refractivity contribution is 6.31. The molecule has 2 aromatic carbocycles. The van der Waals surface area contributed by atoms with E-state index < -0.39 is 0 Å². The molecule has 0 aliphatic carbocycles. The van der Waals surface area contributed by atoms with Gasteiger partial charge in [0.25, 0.3) is 5.91 Å². The highest BCUT2D eigenvalue weighted by atomic mass is 35.5. The summed E-state index contributed by atoms with van der Waals surface area (Å²) in [6, 6.07) is 18.3. The minimum absolute atomic E-state index is 0.289. The maximum absolute atomic E-state index is 12.0. The van der Waals surface area contributed by atoms with Gasteiger partial charge in [0.1, 0.15) is 18.1 Å². The van der Waals surface area contributed by atoms with E-state index in [-0.39, 0.29) is 12.5 Å². The van der Waals surface area contributed by atoms with Crippen LogP contribution in [0.5, 0.6) is 5.75 Å². The molecule has 2 N–H and O–H groups in total. The van der Waals surface area contributed by atoms with Crippen LogP contribution in [0.2, 0.25) is 5.02 Å². The van der Waals surface area contributed by atoms with Crippen molar-refractivity contribution < 1.29 is 9.53 Å². The molecule has 10 nitrogen and oxygen atoms in total. The predicted molar refractivity (Wildman–Crippen MR) is 145 cm³/mol. The average molecular weight is 527 g/mol. The lowest BCUT2D eigenvalue weighted by Gasteiger charge is -2.09. The molecule has 0 bridgehead atoms. The number of pyridine rings is 2. The van der Waals surface area contributed by atoms with Gasteiger partial charge >= 0.3 is 0 Å². The van der Waals surface area contributed by atoms with Crippen molar-refractivity contribution in [2.45, 2.75) is 13.2 Å². The van der Waals surface area contributed by atoms with E-state index in [4.69, 9.17) is 16.3 Å². The largest absolute Gasteiger partial charge is 0.487 e. The van der Waals surface area contributed by atoms with Crippen LogP contribution in [0.15, 0.2) is 90.6 Å². The van der Waals surface area contributed by atoms with Crippen molar-refractivity contribution in [1.29, 1.82) is 0 Å². The molecule has 0 aliphatic heterocycles. The monoisotopic (exact) mass is 526 g/mol. The van der Waals surface area contributed by atoms with Crippen LogP contribution in [0, 0.1) is 0 Å². The number of nitrogens with zero attached hydrogens (tertiary/aromatic N) is 6. The number of aromatic nitrogens is 5. The van der Waals surface area contributed by atoms with Crippen molar-refractivity contribution in [3.05, 3.63) is 107 Å². The van der Waals surface area contributed by atoms with Gasteiger partial charge in [-0.25, -0.2) is 5.43 Å². The van der Waals surface area contributed by atoms with Gasteiger partial charge in [-0.05, 0) is 66.2 Å². The Labute approximate surface area is 223 Å². The van der Waals surface area contributed by atoms with Crippen LogP contribution in [0.3, 0.4) is 0 Å². The first-order valence-electron chi connectivity index (χ1n) is 11.8. The molecule has 0 fully saturated rings. The van der Waals surface area contributed by atoms with Gasteiger partial charge in [-0.3, -0.25) is 19.4 Å². The van der Waals surface area contributed by atoms with Gasteiger partial charge in [-0.1, -0.05) is 16.8 Å². The number of fused-ring (bicyclic) bond motifs is 1. The number of hydrogen-bond donors (Lipinski definition) is 2. The van der Waals surface area contributed by atoms with Crippen molar-refractivity contribution >= 4 is 40.3 Å². The molecule has 1 amide bonds. The number of anilines is 1. The number of carbonyl (C=O) groups is 1. The van der Waals surface area contributed by atoms with Crippen LogP contribution in [0.1, 0.15) is 21.6 Å². The van der Waals surface area contributed by atoms with E-state index in [2.05, 4.69) is 36.1 Å². The van der Waals surface area contributed by atoms with Crippen molar-refractivity contribution in [3.63, 3.8) is 0 Å². The van der Waals surface area contributed by atoms with E-state index in [1.54, 1.807) is 35.4 Å². The van der Waals surface area contributed by atoms with Crippen LogP contribution in [-0.4, -0.2) is 43.6 Å². The van der Waals surface area contributed by atoms with Gasteiger partial charge in [0.05, 0.1) is 30.0 Å². The molecule has 3 aromatic heterocycles. The fourth-order valence-electron chi connectivity index (χ4n) is 3.63. The number of hydrazone groups is 1. The van der Waals surface area contributed by atoms with E-state index in [1.807, 2.05) is 54.7 Å². The zero-order valence-electron chi connectivity index (χ0n) is 20.2. The van der Waals surface area contributed by atoms with E-state index in [1.165, 1.54) is 6.20 Å². The highest BCUT2D eigenvalue weighted by Gasteiger charge is 2.06. The fourth-order valence-corrected chi connectivity index (χ4v) is 3.80. The summed E-state index contributed by atoms with van der Waals surface area (Å²) in [6.07, 6.45) is 8.26. The third kappa shape index (κ3) is 6.48. The van der Waals surface area contributed by atoms with Crippen LogP contribution in [-0.2, 0) is 13.2 Å². The summed E-state index contributed by atoms with van der Waals surface area (Å²) >= 11 is 6.07. The van der Waals surface area contributed by atoms with Gasteiger partial charge in [-0.15, -0.1) is 5.10 Å². The minimum Gasteiger partial charge on any atom is -0.487 e. The second-order valence-corrected chi connectivity index (χ2v) is 8.65. The number of rotatable bonds is 10. The zero-order chi connectivity index (χ0) is 26.2. The molecule has 0 unspecified atom stereocenters. The third-order valence-electron chi connectivity index (χ3n) is 5.52. The first-order valence-corrected chi connectivity index (χ1v) is 12.2. The lowest BCUT2D eigenvalue weighted by atomic mass is 10.2. The Balaban J connectivity index is 1.07. The molecule has 0 radical (unpaired) electrons. The molecule has 11 heteroatoms. The lowest BCUT2D eigenvalue weighted by Crippen LogP contribution is -2.17. The SMILES string of the molecule is O=C(N/N=C/c1ccc(OCc2cn(CCNc3ccnc4cc(Cl)ccc34)nn2)cc1)c1cccnc1. The Kier molecular flexibility index (Phi) is 7.80. The average Bonchev–Trinajstić information content (AvgIpc) is 3.40. The van der Waals surface area contributed by atoms with Gasteiger partial charge in [0.15, 0.2) is 0 Å². The Hall–Kier alpha value is -4.83. The summed E-state index contributed by atoms with van der Waals surface area (Å²) in [5.74, 6) is 0.358. The van der Waals surface area contributed by atoms with Crippen LogP contribution in [0.4, 0.5) is 5.69 Å². The summed E-state index contributed by atoms with van der Waals surface area (Å²) in [5.41, 5.74) is 6.28. The predicted octanol–water partition coefficient (Wildman–Crippen LogP) is 4.33. The van der Waals surface area contributed by atoms with Gasteiger partial charge in [-0.2, -0.15) is 5.10 Å². The van der Waals surface area contributed by atoms with Crippen molar-refractivity contribution in [1.82, 2.24) is 30.4 Å². The van der Waals surface area contributed by atoms with Crippen LogP contribution < -0.4 is 15.5 Å². The molecule has 5 rings (SSSR count). The number of amides is 1. The molecular weight excluding hydrogens is 504 g/mol. The van der Waals surface area contributed by atoms with Gasteiger partial charge in [0, 0.05) is 41.2 Å². The van der Waals surface area contributed by atoms with Crippen molar-refractivity contribution in [2.75, 3.05) is 11.9 Å². The Morgan fingerprint density at radius 2 is 2.00 bits per heavy atom. The standard InChI is InChI=1S/C27H23ClN8O2/c28-21-5-8-24-25(9-11-30-26(24)14-21)31-12-13-36-17-22(33-35-36)18-38-23-6-3-19(4-7-23)15-32-34-27(37)20-2-1-10-29-16-20/h1-11,14-17H,12-13,18H2,(H,30,31)(H,34,37)/b32-15+. The quantitative estimate of drug-likeness (QED) is 0.205. The second kappa shape index (κ2) is 11.9. The molecule has 5 aromatic rings. The maximum Gasteiger partial charge on any atom is 0.272 e. The van der Waals surface area contributed by atoms with E-state index in [9.17, 15) is 4.79 Å². The summed E-state index contributed by atoms with van der Waals surface area (Å²) in [4.78, 5) is 20.3. The molecule has 3 heterocycles. The van der Waals surface area contributed by atoms with E-state index >= 15 is 0 Å². The first-order chi connectivity index (χ1) is 18.6. The summed E-state index contributed by atoms with van der Waals surface area (Å²) < 4.78 is 7.59. The normalized spacial score (nSPS) is 11.1. The second-order valence-electron chi connectivity index (χ2n) is 8.22. The lowest BCUT2D eigenvalue weighted by molar-refractivity contribution is 0.0954. The maximum atomic E-state index is 12.0. The number of hydrogen-bond acceptors (Lipinski definition) is 8. The number of halogens is 1. The summed E-state index contributed by atoms with van der Waals surface area (Å²) in [5, 5.41) is 17.4. The molecule has 0 atom stereocenters. The first kappa shape index (κ1) is 24.8. The molecule has 0 aliphatic rings. The van der Waals surface area contributed by atoms with Crippen molar-refractivity contribution in [2.24, 2.45) is 5.10 Å². The number of nitrogens with one attached hydrogen (secondary N) is 2. The Bertz CT molecular complexity index is 1550. The molecule has 38 heavy (non-hydrogen) atoms. The highest BCUT2D eigenvalue weighted by Crippen LogP contribution is 2.24. The zero-order valence-corrected chi connectivity index (χ0v) is 20.9. The minimum atomic E-state index is -0.325. The fraction of sp³-hybridized carbons (Fsp3) is 0.111. The summed E-state index contributed by atoms with van der Waals surface area (Å²) in [7, 11) is 0. The topological polar surface area (TPSA) is 119 Å². The summed E-state index contributed by atoms with van der Waals surface area (Å²) in [6.45, 7) is 1.59. The Morgan fingerprint density at radius 1 is 1.11 bits per heavy atom. The third-order valence-corrected chi connectivity index (χ3v) is 5.75. The molecule has 0 spiro atoms. The van der Waals surface area contributed by atoms with Crippen LogP contribution >= 0.6 is 11.6 Å². The van der Waals surface area contributed by atoms with Crippen LogP contribution in [0.25, 0.3) is 10.9 Å².